The molecule has 5 N–H and O–H groups in total. The molecule has 3 unspecified atom stereocenters. The first-order chi connectivity index (χ1) is 17.9. The fourth-order valence-corrected chi connectivity index (χ4v) is 4.40. The van der Waals surface area contributed by atoms with Crippen LogP contribution >= 0.6 is 0 Å². The van der Waals surface area contributed by atoms with E-state index in [0.29, 0.717) is 12.8 Å². The number of hydrogen-bond acceptors (Lipinski definition) is 12. The van der Waals surface area contributed by atoms with E-state index in [1.165, 1.54) is 12.2 Å². The molecule has 0 aromatic heterocycles. The second-order valence-electron chi connectivity index (χ2n) is 9.79. The maximum atomic E-state index is 12.6. The van der Waals surface area contributed by atoms with Gasteiger partial charge in [0.1, 0.15) is 24.4 Å². The molecule has 38 heavy (non-hydrogen) atoms. The van der Waals surface area contributed by atoms with E-state index in [1.807, 2.05) is 0 Å². The van der Waals surface area contributed by atoms with Gasteiger partial charge in [0, 0.05) is 23.8 Å². The van der Waals surface area contributed by atoms with Gasteiger partial charge >= 0.3 is 11.9 Å². The zero-order valence-electron chi connectivity index (χ0n) is 21.3. The Bertz CT molecular complexity index is 954. The largest absolute Gasteiger partial charge is 0.471 e. The zero-order valence-corrected chi connectivity index (χ0v) is 21.3. The quantitative estimate of drug-likeness (QED) is 0.142. The van der Waals surface area contributed by atoms with Gasteiger partial charge in [-0.05, 0) is 26.7 Å². The molecule has 2 saturated heterocycles. The minimum absolute atomic E-state index is 0.0658. The summed E-state index contributed by atoms with van der Waals surface area (Å²) in [4.78, 5) is 25.2. The van der Waals surface area contributed by atoms with Gasteiger partial charge in [-0.1, -0.05) is 18.2 Å². The zero-order chi connectivity index (χ0) is 28.2. The number of rotatable bonds is 10. The molecule has 212 valence electrons. The van der Waals surface area contributed by atoms with E-state index in [9.17, 15) is 35.1 Å². The maximum Gasteiger partial charge on any atom is 0.340 e. The number of aliphatic hydroxyl groups excluding tert-OH is 4. The van der Waals surface area contributed by atoms with Gasteiger partial charge in [0.15, 0.2) is 6.29 Å². The van der Waals surface area contributed by atoms with Gasteiger partial charge in [-0.3, -0.25) is 0 Å². The molecule has 0 aromatic rings. The molecule has 12 nitrogen and oxygen atoms in total. The number of cyclic esters (lactones) is 1. The molecular weight excluding hydrogens is 504 g/mol. The lowest BCUT2D eigenvalue weighted by Crippen LogP contribution is -2.60. The maximum absolute atomic E-state index is 12.6. The van der Waals surface area contributed by atoms with Gasteiger partial charge in [-0.2, -0.15) is 0 Å². The van der Waals surface area contributed by atoms with Crippen molar-refractivity contribution in [3.05, 3.63) is 48.8 Å². The van der Waals surface area contributed by atoms with Crippen molar-refractivity contribution in [2.24, 2.45) is 11.8 Å². The highest BCUT2D eigenvalue weighted by atomic mass is 16.8. The summed E-state index contributed by atoms with van der Waals surface area (Å²) in [6, 6.07) is 0. The van der Waals surface area contributed by atoms with Gasteiger partial charge in [0.25, 0.3) is 0 Å². The molecule has 3 aliphatic heterocycles. The summed E-state index contributed by atoms with van der Waals surface area (Å²) in [5.41, 5.74) is -0.618. The number of ether oxygens (including phenoxy) is 5. The SMILES string of the molecule is C=C[C@H]1C(O[C@H]2O[C@@H](CO)[C@H](O)[C@@H](O)[C@@H]2O)OC=C2C(=O)OC(OC(=O)/C(C)=C/CCC(C)(O)C=C)C[C@H]21. The van der Waals surface area contributed by atoms with Crippen LogP contribution in [-0.4, -0.2) is 93.0 Å². The van der Waals surface area contributed by atoms with Crippen molar-refractivity contribution in [1.29, 1.82) is 0 Å². The molecule has 3 aliphatic rings. The molecule has 0 aliphatic carbocycles. The highest BCUT2D eigenvalue weighted by molar-refractivity contribution is 5.91. The van der Waals surface area contributed by atoms with Crippen LogP contribution in [0.2, 0.25) is 0 Å². The average molecular weight is 541 g/mol. The summed E-state index contributed by atoms with van der Waals surface area (Å²) < 4.78 is 27.3. The van der Waals surface area contributed by atoms with E-state index in [4.69, 9.17) is 23.7 Å². The number of allylic oxidation sites excluding steroid dienone is 1. The Balaban J connectivity index is 1.67. The van der Waals surface area contributed by atoms with E-state index in [0.717, 1.165) is 6.26 Å². The minimum Gasteiger partial charge on any atom is -0.471 e. The molecule has 0 bridgehead atoms. The van der Waals surface area contributed by atoms with Crippen LogP contribution in [-0.2, 0) is 33.3 Å². The van der Waals surface area contributed by atoms with Crippen molar-refractivity contribution in [2.75, 3.05) is 6.61 Å². The van der Waals surface area contributed by atoms with Crippen LogP contribution < -0.4 is 0 Å². The summed E-state index contributed by atoms with van der Waals surface area (Å²) in [5, 5.41) is 49.7. The van der Waals surface area contributed by atoms with Gasteiger partial charge in [-0.15, -0.1) is 13.2 Å². The Morgan fingerprint density at radius 2 is 1.92 bits per heavy atom. The lowest BCUT2D eigenvalue weighted by atomic mass is 9.80. The van der Waals surface area contributed by atoms with Crippen LogP contribution in [0.4, 0.5) is 0 Å². The second-order valence-corrected chi connectivity index (χ2v) is 9.79. The van der Waals surface area contributed by atoms with Crippen molar-refractivity contribution in [2.45, 2.75) is 82.0 Å². The molecule has 0 saturated carbocycles. The first kappa shape index (κ1) is 30.0. The van der Waals surface area contributed by atoms with Gasteiger partial charge in [-0.25, -0.2) is 9.59 Å². The van der Waals surface area contributed by atoms with Crippen LogP contribution in [0, 0.1) is 11.8 Å². The second kappa shape index (κ2) is 12.5. The molecule has 0 radical (unpaired) electrons. The average Bonchev–Trinajstić information content (AvgIpc) is 2.88. The predicted octanol–water partition coefficient (Wildman–Crippen LogP) is -0.0588. The monoisotopic (exact) mass is 540 g/mol. The van der Waals surface area contributed by atoms with Crippen molar-refractivity contribution in [3.63, 3.8) is 0 Å². The third-order valence-electron chi connectivity index (χ3n) is 6.92. The van der Waals surface area contributed by atoms with Crippen molar-refractivity contribution >= 4 is 11.9 Å². The molecule has 2 fully saturated rings. The van der Waals surface area contributed by atoms with E-state index < -0.39 is 79.3 Å². The lowest BCUT2D eigenvalue weighted by molar-refractivity contribution is -0.340. The number of carbonyl (C=O) groups excluding carboxylic acids is 2. The first-order valence-electron chi connectivity index (χ1n) is 12.3. The Labute approximate surface area is 220 Å². The number of hydrogen-bond donors (Lipinski definition) is 5. The molecule has 0 spiro atoms. The van der Waals surface area contributed by atoms with Crippen molar-refractivity contribution in [3.8, 4) is 0 Å². The predicted molar refractivity (Wildman–Crippen MR) is 129 cm³/mol. The summed E-state index contributed by atoms with van der Waals surface area (Å²) >= 11 is 0. The number of esters is 2. The lowest BCUT2D eigenvalue weighted by Gasteiger charge is -2.44. The molecule has 3 heterocycles. The molecule has 12 heteroatoms. The summed E-state index contributed by atoms with van der Waals surface area (Å²) in [7, 11) is 0. The topological polar surface area (TPSA) is 181 Å². The van der Waals surface area contributed by atoms with Gasteiger partial charge in [0.2, 0.25) is 12.6 Å². The normalized spacial score (nSPS) is 37.0. The van der Waals surface area contributed by atoms with Crippen LogP contribution in [0.15, 0.2) is 48.8 Å². The van der Waals surface area contributed by atoms with Crippen LogP contribution in [0.3, 0.4) is 0 Å². The standard InChI is InChI=1S/C26H36O12/c1-5-14-15-10-18(36-22(31)13(3)8-7-9-26(4,33)6-2)37-23(32)16(15)12-34-24(14)38-25-21(30)20(29)19(28)17(11-27)35-25/h5-6,8,12,14-15,17-21,24-25,27-30,33H,1-2,7,9-11H2,3-4H3/b13-8+/t14-,15+,17+,18?,19+,20-,21+,24?,25-,26?/m1/s1. The van der Waals surface area contributed by atoms with Gasteiger partial charge < -0.3 is 49.2 Å². The fraction of sp³-hybridized carbons (Fsp3) is 0.615. The van der Waals surface area contributed by atoms with E-state index in [-0.39, 0.29) is 17.6 Å². The van der Waals surface area contributed by atoms with E-state index in [1.54, 1.807) is 19.9 Å². The Morgan fingerprint density at radius 3 is 2.55 bits per heavy atom. The van der Waals surface area contributed by atoms with E-state index >= 15 is 0 Å². The molecule has 3 rings (SSSR count). The van der Waals surface area contributed by atoms with Crippen LogP contribution in [0.5, 0.6) is 0 Å². The Morgan fingerprint density at radius 1 is 1.21 bits per heavy atom. The van der Waals surface area contributed by atoms with Crippen molar-refractivity contribution in [1.82, 2.24) is 0 Å². The summed E-state index contributed by atoms with van der Waals surface area (Å²) in [6.45, 7) is 9.86. The fourth-order valence-electron chi connectivity index (χ4n) is 4.40. The first-order valence-corrected chi connectivity index (χ1v) is 12.3. The molecule has 0 aromatic carbocycles. The Hall–Kier alpha value is -2.58. The summed E-state index contributed by atoms with van der Waals surface area (Å²) in [6.07, 6.45) is -3.37. The van der Waals surface area contributed by atoms with Gasteiger partial charge in [0.05, 0.1) is 24.0 Å². The number of fused-ring (bicyclic) bond motifs is 1. The highest BCUT2D eigenvalue weighted by Gasteiger charge is 2.49. The van der Waals surface area contributed by atoms with Crippen LogP contribution in [0.25, 0.3) is 0 Å². The third kappa shape index (κ3) is 6.70. The summed E-state index contributed by atoms with van der Waals surface area (Å²) in [5.74, 6) is -2.72. The molecule has 10 atom stereocenters. The van der Waals surface area contributed by atoms with E-state index in [2.05, 4.69) is 13.2 Å². The smallest absolute Gasteiger partial charge is 0.340 e. The van der Waals surface area contributed by atoms with Crippen LogP contribution in [0.1, 0.15) is 33.1 Å². The van der Waals surface area contributed by atoms with Crippen molar-refractivity contribution < 1.29 is 58.8 Å². The molecule has 0 amide bonds. The molecular formula is C26H36O12. The number of aliphatic hydroxyl groups is 5. The number of carbonyl (C=O) groups is 2. The third-order valence-corrected chi connectivity index (χ3v) is 6.92. The Kier molecular flexibility index (Phi) is 9.87. The highest BCUT2D eigenvalue weighted by Crippen LogP contribution is 2.40. The minimum atomic E-state index is -1.65.